The molecule has 0 N–H and O–H groups in total. The minimum Gasteiger partial charge on any atom is -0.265 e. The summed E-state index contributed by atoms with van der Waals surface area (Å²) < 4.78 is 3.06. The van der Waals surface area contributed by atoms with Crippen LogP contribution in [0.5, 0.6) is 0 Å². The summed E-state index contributed by atoms with van der Waals surface area (Å²) in [6.45, 7) is 2.82. The smallest absolute Gasteiger partial charge is 0.0662 e. The number of rotatable bonds is 3. The lowest BCUT2D eigenvalue weighted by Gasteiger charge is -2.05. The summed E-state index contributed by atoms with van der Waals surface area (Å²) in [5, 5.41) is 4.33. The van der Waals surface area contributed by atoms with Gasteiger partial charge in [0, 0.05) is 15.7 Å². The molecule has 0 aliphatic rings. The second kappa shape index (κ2) is 5.02. The first-order valence-corrected chi connectivity index (χ1v) is 6.35. The predicted molar refractivity (Wildman–Crippen MR) is 69.8 cm³/mol. The van der Waals surface area contributed by atoms with Gasteiger partial charge in [0.1, 0.15) is 0 Å². The molecule has 4 heteroatoms. The molecule has 84 valence electrons. The Morgan fingerprint density at radius 3 is 2.88 bits per heavy atom. The molecular weight excluding hydrogens is 288 g/mol. The summed E-state index contributed by atoms with van der Waals surface area (Å²) in [7, 11) is 0. The van der Waals surface area contributed by atoms with Gasteiger partial charge in [0.05, 0.1) is 18.6 Å². The Hall–Kier alpha value is -0.800. The molecule has 1 aromatic carbocycles. The Morgan fingerprint density at radius 2 is 2.25 bits per heavy atom. The van der Waals surface area contributed by atoms with Gasteiger partial charge in [-0.15, -0.1) is 11.6 Å². The minimum atomic E-state index is 0.518. The zero-order chi connectivity index (χ0) is 11.5. The van der Waals surface area contributed by atoms with Gasteiger partial charge in [0.15, 0.2) is 0 Å². The molecule has 0 fully saturated rings. The molecule has 1 heterocycles. The Labute approximate surface area is 108 Å². The average molecular weight is 300 g/mol. The molecule has 0 atom stereocenters. The number of benzene rings is 1. The maximum atomic E-state index is 5.81. The molecule has 0 saturated heterocycles. The molecule has 2 aromatic rings. The molecule has 0 aliphatic heterocycles. The molecule has 0 bridgehead atoms. The molecule has 0 aliphatic carbocycles. The van der Waals surface area contributed by atoms with Crippen molar-refractivity contribution in [2.75, 3.05) is 0 Å². The molecule has 16 heavy (non-hydrogen) atoms. The Morgan fingerprint density at radius 1 is 1.44 bits per heavy atom. The fraction of sp³-hybridized carbons (Fsp3) is 0.250. The fourth-order valence-electron chi connectivity index (χ4n) is 1.58. The Bertz CT molecular complexity index is 494. The van der Waals surface area contributed by atoms with Gasteiger partial charge >= 0.3 is 0 Å². The monoisotopic (exact) mass is 298 g/mol. The zero-order valence-electron chi connectivity index (χ0n) is 8.95. The van der Waals surface area contributed by atoms with Crippen molar-refractivity contribution < 1.29 is 0 Å². The highest BCUT2D eigenvalue weighted by Gasteiger charge is 2.05. The van der Waals surface area contributed by atoms with Crippen molar-refractivity contribution in [3.05, 3.63) is 51.8 Å². The molecular formula is C12H12BrClN2. The van der Waals surface area contributed by atoms with E-state index in [0.717, 1.165) is 22.3 Å². The van der Waals surface area contributed by atoms with Crippen LogP contribution in [0.1, 0.15) is 16.8 Å². The van der Waals surface area contributed by atoms with Gasteiger partial charge in [-0.1, -0.05) is 28.1 Å². The maximum Gasteiger partial charge on any atom is 0.0662 e. The van der Waals surface area contributed by atoms with Gasteiger partial charge in [-0.3, -0.25) is 4.68 Å². The van der Waals surface area contributed by atoms with Crippen molar-refractivity contribution in [3.63, 3.8) is 0 Å². The van der Waals surface area contributed by atoms with Crippen LogP contribution < -0.4 is 0 Å². The predicted octanol–water partition coefficient (Wildman–Crippen LogP) is 3.74. The van der Waals surface area contributed by atoms with Gasteiger partial charge in [0.25, 0.3) is 0 Å². The first-order chi connectivity index (χ1) is 7.70. The first kappa shape index (κ1) is 11.7. The maximum absolute atomic E-state index is 5.81. The lowest BCUT2D eigenvalue weighted by Crippen LogP contribution is -2.03. The molecule has 0 amide bonds. The minimum absolute atomic E-state index is 0.518. The molecule has 1 aromatic heterocycles. The number of alkyl halides is 1. The topological polar surface area (TPSA) is 17.8 Å². The van der Waals surface area contributed by atoms with Crippen molar-refractivity contribution in [2.24, 2.45) is 0 Å². The van der Waals surface area contributed by atoms with Crippen LogP contribution in [0.3, 0.4) is 0 Å². The second-order valence-electron chi connectivity index (χ2n) is 3.68. The highest BCUT2D eigenvalue weighted by atomic mass is 79.9. The van der Waals surface area contributed by atoms with E-state index in [4.69, 9.17) is 11.6 Å². The third kappa shape index (κ3) is 2.47. The summed E-state index contributed by atoms with van der Waals surface area (Å²) in [6, 6.07) is 8.23. The standard InChI is InChI=1S/C12H12BrClN2/c1-9-11(6-14)7-15-16(9)8-10-3-2-4-12(13)5-10/h2-5,7H,6,8H2,1H3. The third-order valence-corrected chi connectivity index (χ3v) is 3.35. The molecule has 0 saturated carbocycles. The highest BCUT2D eigenvalue weighted by molar-refractivity contribution is 9.10. The fourth-order valence-corrected chi connectivity index (χ4v) is 2.29. The molecule has 2 rings (SSSR count). The lowest BCUT2D eigenvalue weighted by molar-refractivity contribution is 0.664. The first-order valence-electron chi connectivity index (χ1n) is 5.02. The van der Waals surface area contributed by atoms with Crippen molar-refractivity contribution in [1.29, 1.82) is 0 Å². The third-order valence-electron chi connectivity index (χ3n) is 2.57. The van der Waals surface area contributed by atoms with Gasteiger partial charge in [-0.2, -0.15) is 5.10 Å². The molecule has 0 spiro atoms. The molecule has 0 radical (unpaired) electrons. The van der Waals surface area contributed by atoms with E-state index in [-0.39, 0.29) is 0 Å². The number of nitrogens with zero attached hydrogens (tertiary/aromatic N) is 2. The van der Waals surface area contributed by atoms with E-state index >= 15 is 0 Å². The molecule has 2 nitrogen and oxygen atoms in total. The van der Waals surface area contributed by atoms with Crippen molar-refractivity contribution in [1.82, 2.24) is 9.78 Å². The zero-order valence-corrected chi connectivity index (χ0v) is 11.3. The van der Waals surface area contributed by atoms with Gasteiger partial charge < -0.3 is 0 Å². The van der Waals surface area contributed by atoms with Crippen LogP contribution in [0.4, 0.5) is 0 Å². The van der Waals surface area contributed by atoms with Gasteiger partial charge in [-0.25, -0.2) is 0 Å². The quantitative estimate of drug-likeness (QED) is 0.790. The summed E-state index contributed by atoms with van der Waals surface area (Å²) in [6.07, 6.45) is 1.83. The van der Waals surface area contributed by atoms with Crippen LogP contribution in [0, 0.1) is 6.92 Å². The summed E-state index contributed by atoms with van der Waals surface area (Å²) in [5.41, 5.74) is 3.45. The largest absolute Gasteiger partial charge is 0.265 e. The van der Waals surface area contributed by atoms with Crippen LogP contribution >= 0.6 is 27.5 Å². The van der Waals surface area contributed by atoms with Gasteiger partial charge in [-0.05, 0) is 24.6 Å². The SMILES string of the molecule is Cc1c(CCl)cnn1Cc1cccc(Br)c1. The highest BCUT2D eigenvalue weighted by Crippen LogP contribution is 2.15. The average Bonchev–Trinajstić information content (AvgIpc) is 2.60. The van der Waals surface area contributed by atoms with E-state index in [2.05, 4.69) is 33.2 Å². The van der Waals surface area contributed by atoms with Crippen LogP contribution in [0.2, 0.25) is 0 Å². The second-order valence-corrected chi connectivity index (χ2v) is 4.86. The van der Waals surface area contributed by atoms with Crippen molar-refractivity contribution >= 4 is 27.5 Å². The lowest BCUT2D eigenvalue weighted by atomic mass is 10.2. The van der Waals surface area contributed by atoms with Crippen LogP contribution in [-0.4, -0.2) is 9.78 Å². The molecule has 0 unspecified atom stereocenters. The van der Waals surface area contributed by atoms with E-state index in [9.17, 15) is 0 Å². The van der Waals surface area contributed by atoms with Crippen molar-refractivity contribution in [3.8, 4) is 0 Å². The van der Waals surface area contributed by atoms with Crippen LogP contribution in [0.25, 0.3) is 0 Å². The van der Waals surface area contributed by atoms with Crippen molar-refractivity contribution in [2.45, 2.75) is 19.3 Å². The van der Waals surface area contributed by atoms with E-state index < -0.39 is 0 Å². The number of hydrogen-bond donors (Lipinski definition) is 0. The van der Waals surface area contributed by atoms with Crippen LogP contribution in [-0.2, 0) is 12.4 Å². The normalized spacial score (nSPS) is 10.7. The van der Waals surface area contributed by atoms with Crippen LogP contribution in [0.15, 0.2) is 34.9 Å². The Kier molecular flexibility index (Phi) is 3.66. The van der Waals surface area contributed by atoms with E-state index in [1.54, 1.807) is 0 Å². The number of halogens is 2. The number of hydrogen-bond acceptors (Lipinski definition) is 1. The number of aromatic nitrogens is 2. The van der Waals surface area contributed by atoms with E-state index in [0.29, 0.717) is 5.88 Å². The van der Waals surface area contributed by atoms with E-state index in [1.807, 2.05) is 29.9 Å². The summed E-state index contributed by atoms with van der Waals surface area (Å²) >= 11 is 9.28. The summed E-state index contributed by atoms with van der Waals surface area (Å²) in [5.74, 6) is 0.518. The van der Waals surface area contributed by atoms with Gasteiger partial charge in [0.2, 0.25) is 0 Å². The Balaban J connectivity index is 2.24. The summed E-state index contributed by atoms with van der Waals surface area (Å²) in [4.78, 5) is 0. The van der Waals surface area contributed by atoms with E-state index in [1.165, 1.54) is 5.56 Å².